The molecule has 0 aliphatic carbocycles. The van der Waals surface area contributed by atoms with Crippen LogP contribution >= 0.6 is 0 Å². The van der Waals surface area contributed by atoms with Crippen LogP contribution in [0.3, 0.4) is 0 Å². The van der Waals surface area contributed by atoms with Gasteiger partial charge in [-0.2, -0.15) is 0 Å². The highest BCUT2D eigenvalue weighted by atomic mass is 16.3. The summed E-state index contributed by atoms with van der Waals surface area (Å²) >= 11 is 0. The Hall–Kier alpha value is -7.29. The van der Waals surface area contributed by atoms with Crippen molar-refractivity contribution in [3.8, 4) is 50.7 Å². The molecule has 0 atom stereocenters. The lowest BCUT2D eigenvalue weighted by atomic mass is 9.99. The molecule has 0 N–H and O–H groups in total. The van der Waals surface area contributed by atoms with E-state index in [2.05, 4.69) is 100 Å². The summed E-state index contributed by atoms with van der Waals surface area (Å²) in [5.41, 5.74) is 11.4. The van der Waals surface area contributed by atoms with Crippen LogP contribution in [-0.2, 0) is 0 Å². The van der Waals surface area contributed by atoms with Crippen molar-refractivity contribution in [3.05, 3.63) is 181 Å². The summed E-state index contributed by atoms with van der Waals surface area (Å²) < 4.78 is 8.85. The molecule has 7 aromatic carbocycles. The summed E-state index contributed by atoms with van der Waals surface area (Å²) in [4.78, 5) is 14.2. The van der Waals surface area contributed by atoms with Crippen LogP contribution in [0.2, 0.25) is 0 Å². The molecule has 0 aliphatic rings. The van der Waals surface area contributed by atoms with Gasteiger partial charge in [0, 0.05) is 32.8 Å². The monoisotopic (exact) mass is 664 g/mol. The van der Waals surface area contributed by atoms with Crippen molar-refractivity contribution in [2.45, 2.75) is 0 Å². The standard InChI is InChI=1S/C47H28N4O/c1-48-46-44(31-17-7-3-8-18-31)49-47(50-45(46)32-19-9-4-10-20-32)36-23-14-26-41-43(36)37-29-33(27-28-40(37)52-41)51-38-24-12-11-21-35(38)42-34(22-13-25-39(42)51)30-15-5-2-6-16-30/h2-29H. The van der Waals surface area contributed by atoms with Gasteiger partial charge in [0.1, 0.15) is 11.2 Å². The van der Waals surface area contributed by atoms with Crippen LogP contribution in [0.4, 0.5) is 5.69 Å². The third kappa shape index (κ3) is 4.63. The number of para-hydroxylation sites is 1. The number of rotatable bonds is 5. The summed E-state index contributed by atoms with van der Waals surface area (Å²) in [7, 11) is 0. The number of hydrogen-bond donors (Lipinski definition) is 0. The average Bonchev–Trinajstić information content (AvgIpc) is 3.77. The smallest absolute Gasteiger partial charge is 0.238 e. The Morgan fingerprint density at radius 2 is 1.08 bits per heavy atom. The van der Waals surface area contributed by atoms with Crippen molar-refractivity contribution >= 4 is 49.4 Å². The number of furan rings is 1. The number of fused-ring (bicyclic) bond motifs is 6. The van der Waals surface area contributed by atoms with Gasteiger partial charge in [-0.3, -0.25) is 0 Å². The minimum absolute atomic E-state index is 0.425. The maximum absolute atomic E-state index is 8.21. The molecule has 5 nitrogen and oxygen atoms in total. The lowest BCUT2D eigenvalue weighted by Crippen LogP contribution is -1.97. The lowest BCUT2D eigenvalue weighted by Gasteiger charge is -2.13. The van der Waals surface area contributed by atoms with Gasteiger partial charge in [0.2, 0.25) is 5.69 Å². The van der Waals surface area contributed by atoms with E-state index in [1.165, 1.54) is 21.9 Å². The number of nitrogens with zero attached hydrogens (tertiary/aromatic N) is 4. The largest absolute Gasteiger partial charge is 0.456 e. The molecule has 0 bridgehead atoms. The predicted molar refractivity (Wildman–Crippen MR) is 212 cm³/mol. The molecule has 3 aromatic heterocycles. The van der Waals surface area contributed by atoms with Gasteiger partial charge >= 0.3 is 0 Å². The number of hydrogen-bond acceptors (Lipinski definition) is 3. The molecule has 10 rings (SSSR count). The second kappa shape index (κ2) is 11.9. The molecule has 5 heteroatoms. The molecule has 0 fully saturated rings. The second-order valence-electron chi connectivity index (χ2n) is 12.8. The molecular formula is C47H28N4O. The summed E-state index contributed by atoms with van der Waals surface area (Å²) in [6.07, 6.45) is 0. The van der Waals surface area contributed by atoms with E-state index in [9.17, 15) is 0 Å². The zero-order chi connectivity index (χ0) is 34.6. The number of benzene rings is 7. The van der Waals surface area contributed by atoms with Crippen LogP contribution in [0, 0.1) is 6.57 Å². The number of aromatic nitrogens is 3. The van der Waals surface area contributed by atoms with E-state index in [0.717, 1.165) is 55.3 Å². The van der Waals surface area contributed by atoms with Gasteiger partial charge in [0.15, 0.2) is 5.82 Å². The molecule has 0 saturated carbocycles. The van der Waals surface area contributed by atoms with Crippen molar-refractivity contribution in [2.24, 2.45) is 0 Å². The Labute approximate surface area is 299 Å². The first kappa shape index (κ1) is 29.6. The Bertz CT molecular complexity index is 2950. The molecular weight excluding hydrogens is 637 g/mol. The fraction of sp³-hybridized carbons (Fsp3) is 0. The Balaban J connectivity index is 1.24. The van der Waals surface area contributed by atoms with Gasteiger partial charge in [-0.05, 0) is 58.7 Å². The highest BCUT2D eigenvalue weighted by Gasteiger charge is 2.22. The fourth-order valence-corrected chi connectivity index (χ4v) is 7.57. The maximum Gasteiger partial charge on any atom is 0.238 e. The molecule has 10 aromatic rings. The van der Waals surface area contributed by atoms with Crippen LogP contribution in [-0.4, -0.2) is 14.5 Å². The SMILES string of the molecule is [C-]#[N+]c1c(-c2ccccc2)nc(-c2cccc3oc4ccc(-n5c6ccccc6c6c(-c7ccccc7)cccc65)cc4c23)nc1-c1ccccc1. The zero-order valence-corrected chi connectivity index (χ0v) is 27.9. The van der Waals surface area contributed by atoms with Gasteiger partial charge in [0.25, 0.3) is 0 Å². The molecule has 0 unspecified atom stereocenters. The van der Waals surface area contributed by atoms with Crippen LogP contribution in [0.5, 0.6) is 0 Å². The van der Waals surface area contributed by atoms with Crippen molar-refractivity contribution in [1.82, 2.24) is 14.5 Å². The van der Waals surface area contributed by atoms with E-state index in [1.807, 2.05) is 78.9 Å². The highest BCUT2D eigenvalue weighted by molar-refractivity contribution is 6.17. The van der Waals surface area contributed by atoms with E-state index in [-0.39, 0.29) is 0 Å². The Morgan fingerprint density at radius 1 is 0.481 bits per heavy atom. The molecule has 0 saturated heterocycles. The second-order valence-corrected chi connectivity index (χ2v) is 12.8. The van der Waals surface area contributed by atoms with Crippen LogP contribution in [0.1, 0.15) is 0 Å². The maximum atomic E-state index is 8.21. The Kier molecular flexibility index (Phi) is 6.80. The molecule has 242 valence electrons. The minimum atomic E-state index is 0.425. The summed E-state index contributed by atoms with van der Waals surface area (Å²) in [6.45, 7) is 8.21. The van der Waals surface area contributed by atoms with E-state index in [1.54, 1.807) is 0 Å². The summed E-state index contributed by atoms with van der Waals surface area (Å²) in [6, 6.07) is 58.0. The topological polar surface area (TPSA) is 48.2 Å². The average molecular weight is 665 g/mol. The highest BCUT2D eigenvalue weighted by Crippen LogP contribution is 2.43. The fourth-order valence-electron chi connectivity index (χ4n) is 7.57. The van der Waals surface area contributed by atoms with Gasteiger partial charge in [-0.1, -0.05) is 133 Å². The first-order chi connectivity index (χ1) is 25.8. The molecule has 52 heavy (non-hydrogen) atoms. The quantitative estimate of drug-likeness (QED) is 0.172. The lowest BCUT2D eigenvalue weighted by molar-refractivity contribution is 0.669. The molecule has 0 aliphatic heterocycles. The zero-order valence-electron chi connectivity index (χ0n) is 27.9. The van der Waals surface area contributed by atoms with E-state index in [4.69, 9.17) is 21.0 Å². The third-order valence-corrected chi connectivity index (χ3v) is 9.85. The molecule has 0 spiro atoms. The first-order valence-corrected chi connectivity index (χ1v) is 17.2. The minimum Gasteiger partial charge on any atom is -0.456 e. The molecule has 0 radical (unpaired) electrons. The van der Waals surface area contributed by atoms with E-state index >= 15 is 0 Å². The predicted octanol–water partition coefficient (Wildman–Crippen LogP) is 12.7. The molecule has 3 heterocycles. The van der Waals surface area contributed by atoms with Crippen molar-refractivity contribution in [1.29, 1.82) is 0 Å². The Morgan fingerprint density at radius 3 is 1.77 bits per heavy atom. The first-order valence-electron chi connectivity index (χ1n) is 17.2. The normalized spacial score (nSPS) is 11.4. The molecule has 0 amide bonds. The third-order valence-electron chi connectivity index (χ3n) is 9.85. The van der Waals surface area contributed by atoms with Gasteiger partial charge < -0.3 is 8.98 Å². The summed E-state index contributed by atoms with van der Waals surface area (Å²) in [5, 5.41) is 4.31. The van der Waals surface area contributed by atoms with E-state index < -0.39 is 0 Å². The van der Waals surface area contributed by atoms with Crippen molar-refractivity contribution in [3.63, 3.8) is 0 Å². The van der Waals surface area contributed by atoms with Crippen LogP contribution in [0.15, 0.2) is 174 Å². The van der Waals surface area contributed by atoms with Crippen molar-refractivity contribution in [2.75, 3.05) is 0 Å². The van der Waals surface area contributed by atoms with Gasteiger partial charge in [-0.15, -0.1) is 0 Å². The van der Waals surface area contributed by atoms with Crippen molar-refractivity contribution < 1.29 is 4.42 Å². The van der Waals surface area contributed by atoms with Gasteiger partial charge in [0.05, 0.1) is 29.0 Å². The van der Waals surface area contributed by atoms with Crippen LogP contribution in [0.25, 0.3) is 99.3 Å². The van der Waals surface area contributed by atoms with Gasteiger partial charge in [-0.25, -0.2) is 14.8 Å². The summed E-state index contributed by atoms with van der Waals surface area (Å²) in [5.74, 6) is 0.535. The van der Waals surface area contributed by atoms with E-state index in [0.29, 0.717) is 22.9 Å². The van der Waals surface area contributed by atoms with Crippen LogP contribution < -0.4 is 0 Å².